The van der Waals surface area contributed by atoms with Crippen LogP contribution in [0.2, 0.25) is 0 Å². The van der Waals surface area contributed by atoms with Crippen molar-refractivity contribution in [2.45, 2.75) is 102 Å². The SMILES string of the molecule is CC(C)(C)OC(=O)[C@@H]1CCCN1C[C@@H]1C[C@H](c2ccc(CO)cc2)O[C@H](c2ccc(-c3cccc(CN4C(=O)CC(NC(=O)OCc5ccccc5)C4=O)c3)cc2)O1. The molecule has 3 fully saturated rings. The van der Waals surface area contributed by atoms with Gasteiger partial charge in [0.2, 0.25) is 5.91 Å². The highest BCUT2D eigenvalue weighted by Crippen LogP contribution is 2.39. The molecule has 5 atom stereocenters. The van der Waals surface area contributed by atoms with E-state index in [1.165, 1.54) is 4.90 Å². The molecule has 0 saturated carbocycles. The number of esters is 1. The van der Waals surface area contributed by atoms with Gasteiger partial charge in [-0.3, -0.25) is 24.2 Å². The third-order valence-electron chi connectivity index (χ3n) is 10.6. The van der Waals surface area contributed by atoms with Crippen molar-refractivity contribution in [3.63, 3.8) is 0 Å². The molecular weight excluding hydrogens is 739 g/mol. The van der Waals surface area contributed by atoms with Crippen LogP contribution in [-0.4, -0.2) is 75.7 Å². The zero-order valence-corrected chi connectivity index (χ0v) is 33.2. The molecule has 12 nitrogen and oxygen atoms in total. The van der Waals surface area contributed by atoms with Crippen molar-refractivity contribution in [1.29, 1.82) is 0 Å². The minimum Gasteiger partial charge on any atom is -0.459 e. The van der Waals surface area contributed by atoms with Crippen molar-refractivity contribution in [2.24, 2.45) is 0 Å². The molecule has 4 aromatic carbocycles. The van der Waals surface area contributed by atoms with Gasteiger partial charge in [0.05, 0.1) is 31.8 Å². The first-order valence-corrected chi connectivity index (χ1v) is 19.9. The highest BCUT2D eigenvalue weighted by Gasteiger charge is 2.41. The van der Waals surface area contributed by atoms with E-state index < -0.39 is 29.9 Å². The Bertz CT molecular complexity index is 2070. The fourth-order valence-corrected chi connectivity index (χ4v) is 7.71. The fraction of sp³-hybridized carbons (Fsp3) is 0.391. The van der Waals surface area contributed by atoms with Gasteiger partial charge in [0, 0.05) is 18.5 Å². The molecule has 0 aliphatic carbocycles. The van der Waals surface area contributed by atoms with Crippen LogP contribution in [0.3, 0.4) is 0 Å². The molecule has 0 aromatic heterocycles. The number of nitrogens with one attached hydrogen (secondary N) is 1. The van der Waals surface area contributed by atoms with Crippen LogP contribution in [0.4, 0.5) is 4.79 Å². The molecule has 0 radical (unpaired) electrons. The van der Waals surface area contributed by atoms with Crippen LogP contribution < -0.4 is 5.32 Å². The van der Waals surface area contributed by atoms with Crippen molar-refractivity contribution in [3.8, 4) is 11.1 Å². The smallest absolute Gasteiger partial charge is 0.408 e. The van der Waals surface area contributed by atoms with Gasteiger partial charge < -0.3 is 29.4 Å². The Labute approximate surface area is 339 Å². The first-order valence-electron chi connectivity index (χ1n) is 19.9. The third-order valence-corrected chi connectivity index (χ3v) is 10.6. The number of aliphatic hydroxyl groups excluding tert-OH is 1. The quantitative estimate of drug-likeness (QED) is 0.117. The molecule has 7 rings (SSSR count). The summed E-state index contributed by atoms with van der Waals surface area (Å²) in [6.07, 6.45) is 0.163. The standard InChI is InChI=1S/C46H51N3O9/c1-46(2,3)58-43(53)39-13-8-22-48(39)27-37-24-40(34-16-14-30(28-50)15-17-34)57-44(56-37)35-20-18-33(19-21-35)36-12-7-11-32(23-36)26-49-41(51)25-38(42(49)52)47-45(54)55-29-31-9-5-4-6-10-31/h4-7,9-12,14-21,23,37-40,44,50H,8,13,22,24-29H2,1-3H3,(H,47,54)/t37-,38?,39-,40+,44+/m0/s1. The van der Waals surface area contributed by atoms with E-state index in [2.05, 4.69) is 10.2 Å². The van der Waals surface area contributed by atoms with Crippen LogP contribution in [-0.2, 0) is 53.1 Å². The Hall–Kier alpha value is -5.40. The number of hydrogen-bond acceptors (Lipinski definition) is 10. The molecule has 58 heavy (non-hydrogen) atoms. The van der Waals surface area contributed by atoms with E-state index in [-0.39, 0.29) is 56.3 Å². The summed E-state index contributed by atoms with van der Waals surface area (Å²) in [5.41, 5.74) is 5.46. The Balaban J connectivity index is 1.01. The highest BCUT2D eigenvalue weighted by molar-refractivity contribution is 6.06. The van der Waals surface area contributed by atoms with Crippen molar-refractivity contribution < 1.29 is 43.2 Å². The number of nitrogens with zero attached hydrogens (tertiary/aromatic N) is 2. The maximum absolute atomic E-state index is 13.2. The van der Waals surface area contributed by atoms with Gasteiger partial charge in [-0.1, -0.05) is 97.1 Å². The van der Waals surface area contributed by atoms with Gasteiger partial charge in [-0.15, -0.1) is 0 Å². The summed E-state index contributed by atoms with van der Waals surface area (Å²) in [6.45, 7) is 7.06. The lowest BCUT2D eigenvalue weighted by Gasteiger charge is -2.38. The number of rotatable bonds is 12. The molecule has 12 heteroatoms. The maximum Gasteiger partial charge on any atom is 0.408 e. The Morgan fingerprint density at radius 3 is 2.29 bits per heavy atom. The summed E-state index contributed by atoms with van der Waals surface area (Å²) in [6, 6.07) is 31.2. The monoisotopic (exact) mass is 789 g/mol. The number of ether oxygens (including phenoxy) is 4. The van der Waals surface area contributed by atoms with Crippen molar-refractivity contribution in [2.75, 3.05) is 13.1 Å². The molecule has 1 unspecified atom stereocenters. The summed E-state index contributed by atoms with van der Waals surface area (Å²) >= 11 is 0. The summed E-state index contributed by atoms with van der Waals surface area (Å²) < 4.78 is 24.2. The number of imide groups is 1. The second-order valence-corrected chi connectivity index (χ2v) is 16.1. The summed E-state index contributed by atoms with van der Waals surface area (Å²) in [7, 11) is 0. The molecule has 3 aliphatic rings. The van der Waals surface area contributed by atoms with Gasteiger partial charge in [0.25, 0.3) is 5.91 Å². The van der Waals surface area contributed by atoms with Gasteiger partial charge in [0.15, 0.2) is 6.29 Å². The summed E-state index contributed by atoms with van der Waals surface area (Å²) in [4.78, 5) is 55.0. The largest absolute Gasteiger partial charge is 0.459 e. The summed E-state index contributed by atoms with van der Waals surface area (Å²) in [5.74, 6) is -1.05. The lowest BCUT2D eigenvalue weighted by atomic mass is 9.98. The Kier molecular flexibility index (Phi) is 12.7. The molecule has 4 aromatic rings. The molecule has 3 heterocycles. The van der Waals surface area contributed by atoms with E-state index in [9.17, 15) is 24.3 Å². The first-order chi connectivity index (χ1) is 27.9. The van der Waals surface area contributed by atoms with Crippen LogP contribution in [0.15, 0.2) is 103 Å². The molecule has 0 bridgehead atoms. The second-order valence-electron chi connectivity index (χ2n) is 16.1. The molecule has 0 spiro atoms. The van der Waals surface area contributed by atoms with Crippen LogP contribution >= 0.6 is 0 Å². The number of benzene rings is 4. The minimum absolute atomic E-state index is 0.0448. The lowest BCUT2D eigenvalue weighted by Crippen LogP contribution is -2.45. The van der Waals surface area contributed by atoms with Gasteiger partial charge >= 0.3 is 12.1 Å². The van der Waals surface area contributed by atoms with Crippen molar-refractivity contribution >= 4 is 23.9 Å². The van der Waals surface area contributed by atoms with E-state index in [0.717, 1.165) is 58.3 Å². The number of aliphatic hydroxyl groups is 1. The topological polar surface area (TPSA) is 144 Å². The van der Waals surface area contributed by atoms with E-state index in [1.807, 2.05) is 124 Å². The molecule has 3 aliphatic heterocycles. The van der Waals surface area contributed by atoms with Crippen molar-refractivity contribution in [1.82, 2.24) is 15.1 Å². The molecule has 3 saturated heterocycles. The Morgan fingerprint density at radius 1 is 0.845 bits per heavy atom. The number of likely N-dealkylation sites (tertiary alicyclic amines) is 2. The minimum atomic E-state index is -0.989. The van der Waals surface area contributed by atoms with E-state index in [0.29, 0.717) is 13.0 Å². The van der Waals surface area contributed by atoms with Gasteiger partial charge in [-0.05, 0) is 79.6 Å². The van der Waals surface area contributed by atoms with Crippen LogP contribution in [0.25, 0.3) is 11.1 Å². The van der Waals surface area contributed by atoms with E-state index in [1.54, 1.807) is 0 Å². The van der Waals surface area contributed by atoms with Crippen molar-refractivity contribution in [3.05, 3.63) is 131 Å². The number of alkyl carbamates (subject to hydrolysis) is 1. The molecular formula is C46H51N3O9. The van der Waals surface area contributed by atoms with Crippen LogP contribution in [0.5, 0.6) is 0 Å². The normalized spacial score (nSPS) is 22.6. The lowest BCUT2D eigenvalue weighted by molar-refractivity contribution is -0.253. The zero-order valence-electron chi connectivity index (χ0n) is 33.2. The van der Waals surface area contributed by atoms with E-state index >= 15 is 0 Å². The van der Waals surface area contributed by atoms with Gasteiger partial charge in [-0.25, -0.2) is 4.79 Å². The molecule has 3 amide bonds. The molecule has 2 N–H and O–H groups in total. The third kappa shape index (κ3) is 10.2. The number of carbonyl (C=O) groups is 4. The van der Waals surface area contributed by atoms with Crippen LogP contribution in [0, 0.1) is 0 Å². The van der Waals surface area contributed by atoms with Crippen LogP contribution in [0.1, 0.15) is 86.7 Å². The second kappa shape index (κ2) is 18.0. The predicted molar refractivity (Wildman–Crippen MR) is 214 cm³/mol. The average molecular weight is 790 g/mol. The van der Waals surface area contributed by atoms with Gasteiger partial charge in [0.1, 0.15) is 24.3 Å². The predicted octanol–water partition coefficient (Wildman–Crippen LogP) is 6.75. The number of amides is 3. The average Bonchev–Trinajstić information content (AvgIpc) is 3.79. The fourth-order valence-electron chi connectivity index (χ4n) is 7.71. The number of hydrogen-bond donors (Lipinski definition) is 2. The maximum atomic E-state index is 13.2. The zero-order chi connectivity index (χ0) is 40.8. The molecule has 304 valence electrons. The summed E-state index contributed by atoms with van der Waals surface area (Å²) in [5, 5.41) is 12.2. The number of carbonyl (C=O) groups excluding carboxylic acids is 4. The van der Waals surface area contributed by atoms with E-state index in [4.69, 9.17) is 18.9 Å². The van der Waals surface area contributed by atoms with Gasteiger partial charge in [-0.2, -0.15) is 0 Å². The first kappa shape index (κ1) is 40.8. The Morgan fingerprint density at radius 2 is 1.57 bits per heavy atom. The highest BCUT2D eigenvalue weighted by atomic mass is 16.7.